The van der Waals surface area contributed by atoms with Crippen LogP contribution in [0.25, 0.3) is 0 Å². The predicted molar refractivity (Wildman–Crippen MR) is 82.8 cm³/mol. The Morgan fingerprint density at radius 1 is 1.33 bits per heavy atom. The van der Waals surface area contributed by atoms with Crippen LogP contribution in [-0.4, -0.2) is 28.5 Å². The minimum atomic E-state index is -0.222. The number of imidazole rings is 1. The third kappa shape index (κ3) is 4.16. The van der Waals surface area contributed by atoms with Crippen molar-refractivity contribution in [2.24, 2.45) is 7.05 Å². The molecule has 5 heteroatoms. The summed E-state index contributed by atoms with van der Waals surface area (Å²) in [7, 11) is 1.93. The molecule has 0 saturated heterocycles. The van der Waals surface area contributed by atoms with Gasteiger partial charge < -0.3 is 15.2 Å². The highest BCUT2D eigenvalue weighted by molar-refractivity contribution is 5.77. The number of hydrogen-bond donors (Lipinski definition) is 2. The predicted octanol–water partition coefficient (Wildman–Crippen LogP) is 1.63. The first kappa shape index (κ1) is 15.3. The monoisotopic (exact) mass is 286 g/mol. The van der Waals surface area contributed by atoms with Gasteiger partial charge in [-0.1, -0.05) is 37.3 Å². The highest BCUT2D eigenvalue weighted by Gasteiger charge is 2.20. The van der Waals surface area contributed by atoms with Crippen LogP contribution in [0.2, 0.25) is 0 Å². The Morgan fingerprint density at radius 3 is 2.71 bits per heavy atom. The van der Waals surface area contributed by atoms with E-state index in [4.69, 9.17) is 0 Å². The normalized spacial score (nSPS) is 12.1. The number of carbonyl (C=O) groups excluding carboxylic acids is 1. The first-order valence-corrected chi connectivity index (χ1v) is 7.24. The van der Waals surface area contributed by atoms with Gasteiger partial charge in [0.1, 0.15) is 11.9 Å². The average Bonchev–Trinajstić information content (AvgIpc) is 2.92. The number of benzene rings is 1. The molecule has 2 N–H and O–H groups in total. The molecule has 112 valence electrons. The van der Waals surface area contributed by atoms with E-state index in [1.807, 2.05) is 55.1 Å². The largest absolute Gasteiger partial charge is 0.342 e. The summed E-state index contributed by atoms with van der Waals surface area (Å²) in [6.07, 6.45) is 4.09. The summed E-state index contributed by atoms with van der Waals surface area (Å²) in [5.41, 5.74) is 1.03. The smallest absolute Gasteiger partial charge is 0.222 e. The van der Waals surface area contributed by atoms with Gasteiger partial charge in [0.05, 0.1) is 0 Å². The standard InChI is InChI=1S/C16H22N4O/c1-3-17-10-9-14(21)19-15(13-7-5-4-6-8-13)16-18-11-12-20(16)2/h4-8,11-12,15,17H,3,9-10H2,1-2H3,(H,19,21). The summed E-state index contributed by atoms with van der Waals surface area (Å²) in [6, 6.07) is 9.69. The second kappa shape index (κ2) is 7.59. The van der Waals surface area contributed by atoms with E-state index < -0.39 is 0 Å². The fourth-order valence-electron chi connectivity index (χ4n) is 2.21. The lowest BCUT2D eigenvalue weighted by Crippen LogP contribution is -2.33. The van der Waals surface area contributed by atoms with Crippen LogP contribution in [0, 0.1) is 0 Å². The maximum Gasteiger partial charge on any atom is 0.222 e. The van der Waals surface area contributed by atoms with Crippen LogP contribution in [0.3, 0.4) is 0 Å². The molecule has 0 aliphatic carbocycles. The van der Waals surface area contributed by atoms with Crippen LogP contribution in [-0.2, 0) is 11.8 Å². The molecule has 1 unspecified atom stereocenters. The van der Waals surface area contributed by atoms with Crippen molar-refractivity contribution in [1.82, 2.24) is 20.2 Å². The third-order valence-electron chi connectivity index (χ3n) is 3.33. The molecule has 2 aromatic rings. The van der Waals surface area contributed by atoms with Crippen molar-refractivity contribution in [1.29, 1.82) is 0 Å². The van der Waals surface area contributed by atoms with Gasteiger partial charge in [0.15, 0.2) is 0 Å². The van der Waals surface area contributed by atoms with Crippen molar-refractivity contribution in [3.63, 3.8) is 0 Å². The van der Waals surface area contributed by atoms with Crippen molar-refractivity contribution in [3.05, 3.63) is 54.1 Å². The first-order valence-electron chi connectivity index (χ1n) is 7.24. The lowest BCUT2D eigenvalue weighted by atomic mass is 10.1. The summed E-state index contributed by atoms with van der Waals surface area (Å²) in [6.45, 7) is 3.58. The molecule has 0 spiro atoms. The quantitative estimate of drug-likeness (QED) is 0.761. The van der Waals surface area contributed by atoms with E-state index in [-0.39, 0.29) is 11.9 Å². The zero-order valence-corrected chi connectivity index (χ0v) is 12.5. The van der Waals surface area contributed by atoms with Gasteiger partial charge >= 0.3 is 0 Å². The van der Waals surface area contributed by atoms with Gasteiger partial charge in [0.2, 0.25) is 5.91 Å². The van der Waals surface area contributed by atoms with Gasteiger partial charge in [-0.25, -0.2) is 4.98 Å². The Kier molecular flexibility index (Phi) is 5.51. The van der Waals surface area contributed by atoms with Crippen molar-refractivity contribution in [3.8, 4) is 0 Å². The highest BCUT2D eigenvalue weighted by atomic mass is 16.1. The first-order chi connectivity index (χ1) is 10.2. The minimum Gasteiger partial charge on any atom is -0.342 e. The van der Waals surface area contributed by atoms with E-state index in [1.165, 1.54) is 0 Å². The molecule has 21 heavy (non-hydrogen) atoms. The van der Waals surface area contributed by atoms with Crippen molar-refractivity contribution >= 4 is 5.91 Å². The number of hydrogen-bond acceptors (Lipinski definition) is 3. The molecule has 0 radical (unpaired) electrons. The molecule has 1 aromatic carbocycles. The van der Waals surface area contributed by atoms with Crippen LogP contribution >= 0.6 is 0 Å². The van der Waals surface area contributed by atoms with Crippen molar-refractivity contribution in [2.75, 3.05) is 13.1 Å². The molecule has 1 amide bonds. The van der Waals surface area contributed by atoms with Crippen LogP contribution in [0.1, 0.15) is 30.8 Å². The SMILES string of the molecule is CCNCCC(=O)NC(c1ccccc1)c1nccn1C. The average molecular weight is 286 g/mol. The Bertz CT molecular complexity index is 565. The van der Waals surface area contributed by atoms with E-state index in [9.17, 15) is 4.79 Å². The van der Waals surface area contributed by atoms with Crippen LogP contribution in [0.5, 0.6) is 0 Å². The molecular weight excluding hydrogens is 264 g/mol. The zero-order chi connectivity index (χ0) is 15.1. The lowest BCUT2D eigenvalue weighted by Gasteiger charge is -2.19. The lowest BCUT2D eigenvalue weighted by molar-refractivity contribution is -0.121. The Hall–Kier alpha value is -2.14. The van der Waals surface area contributed by atoms with E-state index in [1.54, 1.807) is 6.20 Å². The fraction of sp³-hybridized carbons (Fsp3) is 0.375. The molecule has 1 atom stereocenters. The second-order valence-corrected chi connectivity index (χ2v) is 4.91. The molecule has 2 rings (SSSR count). The van der Waals surface area contributed by atoms with E-state index >= 15 is 0 Å². The Morgan fingerprint density at radius 2 is 2.10 bits per heavy atom. The number of nitrogens with zero attached hydrogens (tertiary/aromatic N) is 2. The summed E-state index contributed by atoms with van der Waals surface area (Å²) in [5.74, 6) is 0.853. The van der Waals surface area contributed by atoms with Gasteiger partial charge in [-0.15, -0.1) is 0 Å². The molecule has 1 heterocycles. The molecule has 0 bridgehead atoms. The molecule has 0 saturated carbocycles. The fourth-order valence-corrected chi connectivity index (χ4v) is 2.21. The van der Waals surface area contributed by atoms with E-state index in [2.05, 4.69) is 15.6 Å². The third-order valence-corrected chi connectivity index (χ3v) is 3.33. The maximum atomic E-state index is 12.1. The topological polar surface area (TPSA) is 59.0 Å². The van der Waals surface area contributed by atoms with Gasteiger partial charge in [0.25, 0.3) is 0 Å². The second-order valence-electron chi connectivity index (χ2n) is 4.91. The molecule has 1 aromatic heterocycles. The Balaban J connectivity index is 2.14. The maximum absolute atomic E-state index is 12.1. The van der Waals surface area contributed by atoms with E-state index in [0.717, 1.165) is 17.9 Å². The number of carbonyl (C=O) groups is 1. The number of nitrogens with one attached hydrogen (secondary N) is 2. The summed E-state index contributed by atoms with van der Waals surface area (Å²) < 4.78 is 1.93. The molecular formula is C16H22N4O. The molecule has 0 aliphatic heterocycles. The van der Waals surface area contributed by atoms with Crippen LogP contribution in [0.15, 0.2) is 42.7 Å². The van der Waals surface area contributed by atoms with Gasteiger partial charge in [0, 0.05) is 32.4 Å². The summed E-state index contributed by atoms with van der Waals surface area (Å²) in [4.78, 5) is 16.5. The number of rotatable bonds is 7. The summed E-state index contributed by atoms with van der Waals surface area (Å²) >= 11 is 0. The molecule has 0 aliphatic rings. The minimum absolute atomic E-state index is 0.0211. The van der Waals surface area contributed by atoms with E-state index in [0.29, 0.717) is 13.0 Å². The van der Waals surface area contributed by atoms with Crippen molar-refractivity contribution in [2.45, 2.75) is 19.4 Å². The van der Waals surface area contributed by atoms with Crippen LogP contribution < -0.4 is 10.6 Å². The number of aryl methyl sites for hydroxylation is 1. The number of aromatic nitrogens is 2. The zero-order valence-electron chi connectivity index (χ0n) is 12.5. The highest BCUT2D eigenvalue weighted by Crippen LogP contribution is 2.20. The number of amides is 1. The van der Waals surface area contributed by atoms with Gasteiger partial charge in [-0.3, -0.25) is 4.79 Å². The molecule has 5 nitrogen and oxygen atoms in total. The van der Waals surface area contributed by atoms with Crippen molar-refractivity contribution < 1.29 is 4.79 Å². The van der Waals surface area contributed by atoms with Gasteiger partial charge in [-0.05, 0) is 12.1 Å². The van der Waals surface area contributed by atoms with Crippen LogP contribution in [0.4, 0.5) is 0 Å². The molecule has 0 fully saturated rings. The Labute approximate surface area is 125 Å². The van der Waals surface area contributed by atoms with Gasteiger partial charge in [-0.2, -0.15) is 0 Å². The summed E-state index contributed by atoms with van der Waals surface area (Å²) in [5, 5.41) is 6.23.